The van der Waals surface area contributed by atoms with Crippen LogP contribution in [-0.4, -0.2) is 42.7 Å². The van der Waals surface area contributed by atoms with E-state index in [0.717, 1.165) is 12.1 Å². The van der Waals surface area contributed by atoms with Crippen molar-refractivity contribution in [2.24, 2.45) is 0 Å². The number of nitrogens with zero attached hydrogens (tertiary/aromatic N) is 1. The molecule has 3 heterocycles. The van der Waals surface area contributed by atoms with Crippen molar-refractivity contribution in [1.82, 2.24) is 4.57 Å². The van der Waals surface area contributed by atoms with E-state index in [-0.39, 0.29) is 23.1 Å². The van der Waals surface area contributed by atoms with Gasteiger partial charge in [0.15, 0.2) is 28.8 Å². The average Bonchev–Trinajstić information content (AvgIpc) is 2.93. The second-order valence-electron chi connectivity index (χ2n) is 8.76. The van der Waals surface area contributed by atoms with E-state index in [1.165, 1.54) is 29.0 Å². The number of hydrogen-bond donors (Lipinski definition) is 1. The van der Waals surface area contributed by atoms with Gasteiger partial charge in [0, 0.05) is 29.6 Å². The number of pyridine rings is 1. The largest absolute Gasteiger partial charge is 0.486 e. The Morgan fingerprint density at radius 3 is 2.16 bits per heavy atom. The van der Waals surface area contributed by atoms with Crippen LogP contribution in [0, 0.1) is 5.82 Å². The molecule has 0 fully saturated rings. The topological polar surface area (TPSA) is 105 Å². The van der Waals surface area contributed by atoms with E-state index in [0.29, 0.717) is 60.6 Å². The molecule has 38 heavy (non-hydrogen) atoms. The number of ether oxygens (including phenoxy) is 4. The number of fused-ring (bicyclic) bond motifs is 3. The third kappa shape index (κ3) is 4.40. The van der Waals surface area contributed by atoms with Crippen LogP contribution in [0.5, 0.6) is 23.0 Å². The van der Waals surface area contributed by atoms with Gasteiger partial charge in [-0.2, -0.15) is 0 Å². The molecular weight excluding hydrogens is 495 g/mol. The van der Waals surface area contributed by atoms with Crippen molar-refractivity contribution in [3.05, 3.63) is 88.0 Å². The molecule has 0 saturated carbocycles. The molecule has 0 aliphatic carbocycles. The highest BCUT2D eigenvalue weighted by molar-refractivity contribution is 6.10. The van der Waals surface area contributed by atoms with Crippen molar-refractivity contribution in [2.45, 2.75) is 6.54 Å². The maximum absolute atomic E-state index is 13.4. The number of nitrogens with one attached hydrogen (secondary N) is 1. The molecule has 3 aromatic carbocycles. The molecule has 1 amide bonds. The molecule has 0 unspecified atom stereocenters. The van der Waals surface area contributed by atoms with Crippen molar-refractivity contribution in [3.8, 4) is 23.0 Å². The van der Waals surface area contributed by atoms with Gasteiger partial charge in [-0.15, -0.1) is 0 Å². The summed E-state index contributed by atoms with van der Waals surface area (Å²) < 4.78 is 37.3. The lowest BCUT2D eigenvalue weighted by atomic mass is 10.0. The summed E-state index contributed by atoms with van der Waals surface area (Å²) in [4.78, 5) is 39.8. The summed E-state index contributed by atoms with van der Waals surface area (Å²) in [7, 11) is 0. The number of halogens is 1. The van der Waals surface area contributed by atoms with Crippen molar-refractivity contribution in [2.75, 3.05) is 31.7 Å². The van der Waals surface area contributed by atoms with E-state index in [9.17, 15) is 18.8 Å². The molecule has 2 aliphatic rings. The first-order chi connectivity index (χ1) is 18.5. The predicted octanol–water partition coefficient (Wildman–Crippen LogP) is 3.55. The van der Waals surface area contributed by atoms with Gasteiger partial charge in [-0.25, -0.2) is 4.39 Å². The second kappa shape index (κ2) is 9.55. The van der Waals surface area contributed by atoms with Gasteiger partial charge in [-0.05, 0) is 42.5 Å². The number of aromatic nitrogens is 1. The highest BCUT2D eigenvalue weighted by atomic mass is 19.1. The van der Waals surface area contributed by atoms with Crippen LogP contribution in [0.2, 0.25) is 0 Å². The maximum Gasteiger partial charge on any atom is 0.244 e. The summed E-state index contributed by atoms with van der Waals surface area (Å²) >= 11 is 0. The first-order valence-electron chi connectivity index (χ1n) is 11.9. The van der Waals surface area contributed by atoms with Crippen LogP contribution in [-0.2, 0) is 11.3 Å². The molecule has 0 bridgehead atoms. The number of carbonyl (C=O) groups is 2. The van der Waals surface area contributed by atoms with Gasteiger partial charge in [0.25, 0.3) is 0 Å². The molecule has 0 saturated heterocycles. The molecule has 10 heteroatoms. The van der Waals surface area contributed by atoms with E-state index in [1.54, 1.807) is 24.3 Å². The van der Waals surface area contributed by atoms with Crippen molar-refractivity contribution in [3.63, 3.8) is 0 Å². The Balaban J connectivity index is 1.39. The van der Waals surface area contributed by atoms with E-state index in [2.05, 4.69) is 5.32 Å². The predicted molar refractivity (Wildman–Crippen MR) is 135 cm³/mol. The van der Waals surface area contributed by atoms with E-state index >= 15 is 0 Å². The van der Waals surface area contributed by atoms with E-state index in [4.69, 9.17) is 18.9 Å². The smallest absolute Gasteiger partial charge is 0.244 e. The SMILES string of the molecule is O=C(Cn1cc(C(=O)c2ccc(F)cc2)c(=O)c2cc3c(cc21)OCCO3)Nc1ccc2c(c1)OCCO2. The standard InChI is InChI=1S/C28H21FN2O7/c29-17-3-1-16(2-4-17)27(33)20-14-31(21-13-25-24(37-9-10-38-25)12-19(21)28(20)34)15-26(32)30-18-5-6-22-23(11-18)36-8-7-35-22/h1-6,11-14H,7-10,15H2,(H,30,32). The lowest BCUT2D eigenvalue weighted by Gasteiger charge is -2.21. The Labute approximate surface area is 215 Å². The highest BCUT2D eigenvalue weighted by Crippen LogP contribution is 2.34. The summed E-state index contributed by atoms with van der Waals surface area (Å²) in [5.74, 6) is 0.434. The minimum absolute atomic E-state index is 0.146. The van der Waals surface area contributed by atoms with Gasteiger partial charge in [0.1, 0.15) is 38.8 Å². The molecule has 0 atom stereocenters. The Bertz CT molecular complexity index is 1650. The van der Waals surface area contributed by atoms with Crippen LogP contribution in [0.25, 0.3) is 10.9 Å². The fraction of sp³-hybridized carbons (Fsp3) is 0.179. The third-order valence-corrected chi connectivity index (χ3v) is 6.24. The molecule has 9 nitrogen and oxygen atoms in total. The number of amides is 1. The molecule has 4 aromatic rings. The van der Waals surface area contributed by atoms with Gasteiger partial charge >= 0.3 is 0 Å². The number of carbonyl (C=O) groups excluding carboxylic acids is 2. The fourth-order valence-electron chi connectivity index (χ4n) is 4.45. The second-order valence-corrected chi connectivity index (χ2v) is 8.76. The summed E-state index contributed by atoms with van der Waals surface area (Å²) in [5.41, 5.74) is 0.351. The Hall–Kier alpha value is -4.86. The number of rotatable bonds is 5. The average molecular weight is 516 g/mol. The first-order valence-corrected chi connectivity index (χ1v) is 11.9. The normalized spacial score (nSPS) is 13.7. The number of hydrogen-bond acceptors (Lipinski definition) is 7. The molecule has 0 spiro atoms. The lowest BCUT2D eigenvalue weighted by Crippen LogP contribution is -2.25. The Morgan fingerprint density at radius 2 is 1.45 bits per heavy atom. The fourth-order valence-corrected chi connectivity index (χ4v) is 4.45. The van der Waals surface area contributed by atoms with Crippen LogP contribution in [0.1, 0.15) is 15.9 Å². The molecular formula is C28H21FN2O7. The first kappa shape index (κ1) is 23.5. The van der Waals surface area contributed by atoms with Gasteiger partial charge < -0.3 is 28.8 Å². The zero-order valence-electron chi connectivity index (χ0n) is 20.0. The van der Waals surface area contributed by atoms with Crippen LogP contribution in [0.3, 0.4) is 0 Å². The van der Waals surface area contributed by atoms with Gasteiger partial charge in [0.05, 0.1) is 16.5 Å². The third-order valence-electron chi connectivity index (χ3n) is 6.24. The lowest BCUT2D eigenvalue weighted by molar-refractivity contribution is -0.116. The number of ketones is 1. The minimum atomic E-state index is -0.590. The maximum atomic E-state index is 13.4. The number of benzene rings is 3. The van der Waals surface area contributed by atoms with Crippen LogP contribution in [0.15, 0.2) is 65.6 Å². The molecule has 192 valence electrons. The van der Waals surface area contributed by atoms with Gasteiger partial charge in [-0.1, -0.05) is 0 Å². The molecule has 2 aliphatic heterocycles. The van der Waals surface area contributed by atoms with E-state index in [1.807, 2.05) is 0 Å². The molecule has 1 N–H and O–H groups in total. The van der Waals surface area contributed by atoms with Crippen LogP contribution < -0.4 is 29.7 Å². The van der Waals surface area contributed by atoms with Crippen molar-refractivity contribution >= 4 is 28.3 Å². The zero-order chi connectivity index (χ0) is 26.2. The van der Waals surface area contributed by atoms with Crippen LogP contribution >= 0.6 is 0 Å². The molecule has 0 radical (unpaired) electrons. The van der Waals surface area contributed by atoms with Crippen molar-refractivity contribution < 1.29 is 32.9 Å². The molecule has 1 aromatic heterocycles. The quantitative estimate of drug-likeness (QED) is 0.405. The zero-order valence-corrected chi connectivity index (χ0v) is 20.0. The summed E-state index contributed by atoms with van der Waals surface area (Å²) in [5, 5.41) is 3.00. The summed E-state index contributed by atoms with van der Waals surface area (Å²) in [6.07, 6.45) is 1.34. The number of anilines is 1. The monoisotopic (exact) mass is 516 g/mol. The highest BCUT2D eigenvalue weighted by Gasteiger charge is 2.22. The Morgan fingerprint density at radius 1 is 0.816 bits per heavy atom. The molecule has 6 rings (SSSR count). The summed E-state index contributed by atoms with van der Waals surface area (Å²) in [6.45, 7) is 1.31. The van der Waals surface area contributed by atoms with Gasteiger partial charge in [0.2, 0.25) is 11.3 Å². The minimum Gasteiger partial charge on any atom is -0.486 e. The van der Waals surface area contributed by atoms with E-state index < -0.39 is 22.9 Å². The van der Waals surface area contributed by atoms with Crippen LogP contribution in [0.4, 0.5) is 10.1 Å². The summed E-state index contributed by atoms with van der Waals surface area (Å²) in [6, 6.07) is 13.1. The van der Waals surface area contributed by atoms with Gasteiger partial charge in [-0.3, -0.25) is 14.4 Å². The Kier molecular flexibility index (Phi) is 5.91. The van der Waals surface area contributed by atoms with Crippen molar-refractivity contribution in [1.29, 1.82) is 0 Å².